The number of nitrogens with zero attached hydrogens (tertiary/aromatic N) is 2. The molecule has 1 fully saturated rings. The van der Waals surface area contributed by atoms with Crippen LogP contribution in [0.25, 0.3) is 0 Å². The van der Waals surface area contributed by atoms with Crippen LogP contribution in [0, 0.1) is 0 Å². The Morgan fingerprint density at radius 1 is 1.29 bits per heavy atom. The van der Waals surface area contributed by atoms with Crippen molar-refractivity contribution < 1.29 is 19.1 Å². The van der Waals surface area contributed by atoms with Crippen LogP contribution in [0.4, 0.5) is 5.82 Å². The number of rotatable bonds is 8. The van der Waals surface area contributed by atoms with Crippen LogP contribution in [0.1, 0.15) is 48.3 Å². The molecule has 2 amide bonds. The number of carbonyl (C=O) groups is 2. The van der Waals surface area contributed by atoms with Crippen molar-refractivity contribution in [3.05, 3.63) is 41.1 Å². The number of aromatic nitrogens is 2. The molecule has 2 aliphatic rings. The van der Waals surface area contributed by atoms with Crippen LogP contribution in [0.5, 0.6) is 5.75 Å². The van der Waals surface area contributed by atoms with Crippen LogP contribution >= 0.6 is 11.8 Å². The molecule has 0 spiro atoms. The van der Waals surface area contributed by atoms with E-state index in [1.165, 1.54) is 0 Å². The highest BCUT2D eigenvalue weighted by molar-refractivity contribution is 7.98. The minimum atomic E-state index is -0.239. The number of hydrogen-bond acceptors (Lipinski definition) is 6. The van der Waals surface area contributed by atoms with Gasteiger partial charge in [-0.25, -0.2) is 4.68 Å². The second-order valence-electron chi connectivity index (χ2n) is 8.01. The van der Waals surface area contributed by atoms with Crippen molar-refractivity contribution in [1.82, 2.24) is 15.1 Å². The third kappa shape index (κ3) is 5.40. The van der Waals surface area contributed by atoms with Crippen LogP contribution < -0.4 is 15.4 Å². The van der Waals surface area contributed by atoms with Gasteiger partial charge in [-0.1, -0.05) is 0 Å². The van der Waals surface area contributed by atoms with Crippen molar-refractivity contribution >= 4 is 29.4 Å². The maximum Gasteiger partial charge on any atom is 0.256 e. The lowest BCUT2D eigenvalue weighted by Crippen LogP contribution is -2.34. The molecule has 0 aliphatic carbocycles. The van der Waals surface area contributed by atoms with Gasteiger partial charge in [0.15, 0.2) is 0 Å². The van der Waals surface area contributed by atoms with Gasteiger partial charge in [-0.05, 0) is 51.0 Å². The second kappa shape index (κ2) is 9.74. The summed E-state index contributed by atoms with van der Waals surface area (Å²) < 4.78 is 12.8. The Kier molecular flexibility index (Phi) is 6.82. The van der Waals surface area contributed by atoms with Crippen LogP contribution in [0.3, 0.4) is 0 Å². The zero-order valence-electron chi connectivity index (χ0n) is 17.8. The molecule has 0 bridgehead atoms. The number of anilines is 1. The van der Waals surface area contributed by atoms with Crippen LogP contribution in [-0.2, 0) is 27.6 Å². The fourth-order valence-corrected chi connectivity index (χ4v) is 4.72. The summed E-state index contributed by atoms with van der Waals surface area (Å²) in [5, 5.41) is 10.5. The van der Waals surface area contributed by atoms with Gasteiger partial charge in [0.05, 0.1) is 17.9 Å². The number of ether oxygens (including phenoxy) is 2. The highest BCUT2D eigenvalue weighted by atomic mass is 32.2. The van der Waals surface area contributed by atoms with Gasteiger partial charge >= 0.3 is 0 Å². The van der Waals surface area contributed by atoms with E-state index in [0.29, 0.717) is 17.9 Å². The lowest BCUT2D eigenvalue weighted by molar-refractivity contribution is -0.122. The molecule has 2 aromatic rings. The summed E-state index contributed by atoms with van der Waals surface area (Å²) >= 11 is 1.75. The van der Waals surface area contributed by atoms with Crippen molar-refractivity contribution in [3.8, 4) is 5.75 Å². The lowest BCUT2D eigenvalue weighted by Gasteiger charge is -2.13. The Balaban J connectivity index is 1.43. The molecule has 1 aromatic carbocycles. The smallest absolute Gasteiger partial charge is 0.256 e. The summed E-state index contributed by atoms with van der Waals surface area (Å²) in [7, 11) is 0. The molecule has 1 saturated heterocycles. The van der Waals surface area contributed by atoms with E-state index in [-0.39, 0.29) is 30.6 Å². The van der Waals surface area contributed by atoms with Crippen molar-refractivity contribution in [2.75, 3.05) is 18.5 Å². The third-order valence-corrected chi connectivity index (χ3v) is 6.15. The van der Waals surface area contributed by atoms with E-state index >= 15 is 0 Å². The van der Waals surface area contributed by atoms with Gasteiger partial charge in [0.2, 0.25) is 5.91 Å². The average Bonchev–Trinajstić information content (AvgIpc) is 3.46. The number of carbonyl (C=O) groups excluding carboxylic acids is 2. The Morgan fingerprint density at radius 2 is 2.10 bits per heavy atom. The average molecular weight is 445 g/mol. The molecule has 1 atom stereocenters. The largest absolute Gasteiger partial charge is 0.491 e. The maximum absolute atomic E-state index is 12.9. The Morgan fingerprint density at radius 3 is 2.81 bits per heavy atom. The first kappa shape index (κ1) is 21.7. The molecular formula is C22H28N4O4S. The van der Waals surface area contributed by atoms with Gasteiger partial charge in [-0.3, -0.25) is 9.59 Å². The third-order valence-electron chi connectivity index (χ3n) is 5.18. The summed E-state index contributed by atoms with van der Waals surface area (Å²) in [4.78, 5) is 25.3. The topological polar surface area (TPSA) is 94.5 Å². The van der Waals surface area contributed by atoms with E-state index in [1.807, 2.05) is 13.8 Å². The van der Waals surface area contributed by atoms with Gasteiger partial charge in [-0.2, -0.15) is 16.9 Å². The number of nitrogens with one attached hydrogen (secondary N) is 2. The summed E-state index contributed by atoms with van der Waals surface area (Å²) in [5.74, 6) is 2.48. The SMILES string of the molecule is CC(C)Oc1ccc(C(=O)Nc2c3c(nn2CC(=O)NC[C@@H]2CCCO2)CSC3)cc1. The zero-order valence-corrected chi connectivity index (χ0v) is 18.7. The predicted molar refractivity (Wildman–Crippen MR) is 119 cm³/mol. The highest BCUT2D eigenvalue weighted by Crippen LogP contribution is 2.35. The summed E-state index contributed by atoms with van der Waals surface area (Å²) in [5.41, 5.74) is 2.43. The van der Waals surface area contributed by atoms with Gasteiger partial charge in [0.25, 0.3) is 5.91 Å². The molecule has 4 rings (SSSR count). The van der Waals surface area contributed by atoms with Crippen molar-refractivity contribution in [3.63, 3.8) is 0 Å². The summed E-state index contributed by atoms with van der Waals surface area (Å²) in [6.07, 6.45) is 2.16. The number of fused-ring (bicyclic) bond motifs is 1. The van der Waals surface area contributed by atoms with E-state index in [9.17, 15) is 9.59 Å². The second-order valence-corrected chi connectivity index (χ2v) is 8.99. The molecular weight excluding hydrogens is 416 g/mol. The van der Waals surface area contributed by atoms with Crippen LogP contribution in [0.15, 0.2) is 24.3 Å². The summed E-state index contributed by atoms with van der Waals surface area (Å²) in [6, 6.07) is 7.03. The van der Waals surface area contributed by atoms with E-state index < -0.39 is 0 Å². The van der Waals surface area contributed by atoms with Crippen molar-refractivity contribution in [1.29, 1.82) is 0 Å². The molecule has 2 aliphatic heterocycles. The van der Waals surface area contributed by atoms with Gasteiger partial charge < -0.3 is 20.1 Å². The highest BCUT2D eigenvalue weighted by Gasteiger charge is 2.25. The number of benzene rings is 1. The summed E-state index contributed by atoms with van der Waals surface area (Å²) in [6.45, 7) is 5.22. The maximum atomic E-state index is 12.9. The standard InChI is InChI=1S/C22H28N4O4S/c1-14(2)30-16-7-5-15(6-8-16)22(28)24-21-18-12-31-13-19(18)25-26(21)11-20(27)23-10-17-4-3-9-29-17/h5-8,14,17H,3-4,9-13H2,1-2H3,(H,23,27)(H,24,28)/t17-/m0/s1. The Labute approximate surface area is 186 Å². The van der Waals surface area contributed by atoms with Crippen molar-refractivity contribution in [2.24, 2.45) is 0 Å². The molecule has 31 heavy (non-hydrogen) atoms. The molecule has 0 unspecified atom stereocenters. The quantitative estimate of drug-likeness (QED) is 0.650. The molecule has 2 N–H and O–H groups in total. The van der Waals surface area contributed by atoms with Crippen LogP contribution in [-0.4, -0.2) is 47.0 Å². The lowest BCUT2D eigenvalue weighted by atomic mass is 10.2. The van der Waals surface area contributed by atoms with E-state index in [4.69, 9.17) is 9.47 Å². The first-order valence-electron chi connectivity index (χ1n) is 10.6. The molecule has 8 nitrogen and oxygen atoms in total. The fourth-order valence-electron chi connectivity index (χ4n) is 3.68. The first-order chi connectivity index (χ1) is 15.0. The molecule has 9 heteroatoms. The molecule has 3 heterocycles. The minimum absolute atomic E-state index is 0.0567. The van der Waals surface area contributed by atoms with Gasteiger partial charge in [-0.15, -0.1) is 0 Å². The van der Waals surface area contributed by atoms with Gasteiger partial charge in [0, 0.05) is 35.8 Å². The predicted octanol–water partition coefficient (Wildman–Crippen LogP) is 2.96. The van der Waals surface area contributed by atoms with E-state index in [1.54, 1.807) is 40.7 Å². The Bertz CT molecular complexity index is 936. The molecule has 0 saturated carbocycles. The number of hydrogen-bond donors (Lipinski definition) is 2. The number of thioether (sulfide) groups is 1. The fraction of sp³-hybridized carbons (Fsp3) is 0.500. The molecule has 1 aromatic heterocycles. The Hall–Kier alpha value is -2.52. The molecule has 0 radical (unpaired) electrons. The van der Waals surface area contributed by atoms with E-state index in [0.717, 1.165) is 48.0 Å². The monoisotopic (exact) mass is 444 g/mol. The van der Waals surface area contributed by atoms with Crippen LogP contribution in [0.2, 0.25) is 0 Å². The number of amides is 2. The van der Waals surface area contributed by atoms with E-state index in [2.05, 4.69) is 15.7 Å². The minimum Gasteiger partial charge on any atom is -0.491 e. The normalized spacial score (nSPS) is 17.6. The first-order valence-corrected chi connectivity index (χ1v) is 11.8. The molecule has 166 valence electrons. The zero-order chi connectivity index (χ0) is 21.8. The van der Waals surface area contributed by atoms with Crippen molar-refractivity contribution in [2.45, 2.75) is 56.9 Å². The van der Waals surface area contributed by atoms with Gasteiger partial charge in [0.1, 0.15) is 18.1 Å².